The largest absolute Gasteiger partial charge is 0.492 e. The number of amides is 3. The fraction of sp³-hybridized carbons (Fsp3) is 0.542. The van der Waals surface area contributed by atoms with Crippen LogP contribution in [0.2, 0.25) is 0 Å². The van der Waals surface area contributed by atoms with Crippen LogP contribution >= 0.6 is 10.0 Å². The number of para-hydroxylation sites is 2. The molecule has 4 rings (SSSR count). The maximum Gasteiger partial charge on any atom is 0.323 e. The second-order valence-corrected chi connectivity index (χ2v) is 14.5. The molecule has 0 saturated heterocycles. The van der Waals surface area contributed by atoms with Crippen LogP contribution in [0.15, 0.2) is 24.3 Å². The van der Waals surface area contributed by atoms with Gasteiger partial charge in [0.05, 0.1) is 34.8 Å². The molecule has 2 aromatic rings. The average molecular weight is 474 g/mol. The molecule has 3 N–H and O–H groups in total. The minimum absolute atomic E-state index is 0.0527. The number of hydrogen-bond acceptors (Lipinski definition) is 4. The Morgan fingerprint density at radius 3 is 2.48 bits per heavy atom. The first-order chi connectivity index (χ1) is 15.5. The number of anilines is 2. The smallest absolute Gasteiger partial charge is 0.323 e. The first-order valence-corrected chi connectivity index (χ1v) is 14.2. The van der Waals surface area contributed by atoms with Crippen LogP contribution in [0, 0.1) is 0 Å². The Morgan fingerprint density at radius 2 is 1.88 bits per heavy atom. The summed E-state index contributed by atoms with van der Waals surface area (Å²) in [5, 5.41) is 13.6. The number of urea groups is 1. The number of aromatic nitrogens is 2. The molecule has 9 heteroatoms. The molecule has 0 bridgehead atoms. The average Bonchev–Trinajstić information content (AvgIpc) is 3.20. The number of hydrogen-bond donors (Lipinski definition) is 3. The third kappa shape index (κ3) is 3.86. The van der Waals surface area contributed by atoms with E-state index in [1.54, 1.807) is 4.90 Å². The normalized spacial score (nSPS) is 18.8. The van der Waals surface area contributed by atoms with E-state index in [0.717, 1.165) is 30.5 Å². The molecule has 33 heavy (non-hydrogen) atoms. The number of nitrogens with zero attached hydrogens (tertiary/aromatic N) is 2. The van der Waals surface area contributed by atoms with E-state index in [1.807, 2.05) is 45.0 Å². The fourth-order valence-electron chi connectivity index (χ4n) is 4.82. The zero-order valence-electron chi connectivity index (χ0n) is 20.4. The summed E-state index contributed by atoms with van der Waals surface area (Å²) in [7, 11) is -1.07. The lowest BCUT2D eigenvalue weighted by atomic mass is 9.83. The predicted molar refractivity (Wildman–Crippen MR) is 134 cm³/mol. The maximum absolute atomic E-state index is 13.3. The summed E-state index contributed by atoms with van der Waals surface area (Å²) in [6.07, 6.45) is 9.54. The predicted octanol–water partition coefficient (Wildman–Crippen LogP) is 4.65. The Bertz CT molecular complexity index is 1070. The van der Waals surface area contributed by atoms with Crippen LogP contribution in [-0.4, -0.2) is 57.2 Å². The lowest BCUT2D eigenvalue weighted by molar-refractivity contribution is -0.120. The first kappa shape index (κ1) is 23.5. The summed E-state index contributed by atoms with van der Waals surface area (Å²) in [5.41, 5.74) is 1.72. The molecular formula is C24H35N5O3S. The van der Waals surface area contributed by atoms with Crippen LogP contribution in [0.25, 0.3) is 0 Å². The lowest BCUT2D eigenvalue weighted by Gasteiger charge is -2.53. The number of aromatic amines is 1. The van der Waals surface area contributed by atoms with Crippen LogP contribution in [0.1, 0.15) is 51.3 Å². The van der Waals surface area contributed by atoms with E-state index in [1.165, 1.54) is 0 Å². The van der Waals surface area contributed by atoms with Crippen molar-refractivity contribution in [3.8, 4) is 5.75 Å². The van der Waals surface area contributed by atoms with Gasteiger partial charge in [0.2, 0.25) is 5.91 Å². The third-order valence-corrected chi connectivity index (χ3v) is 10.1. The van der Waals surface area contributed by atoms with Gasteiger partial charge >= 0.3 is 6.03 Å². The van der Waals surface area contributed by atoms with Crippen molar-refractivity contribution in [2.24, 2.45) is 0 Å². The highest BCUT2D eigenvalue weighted by Crippen LogP contribution is 2.60. The molecule has 1 aromatic carbocycles. The van der Waals surface area contributed by atoms with E-state index >= 15 is 0 Å². The molecule has 1 fully saturated rings. The Kier molecular flexibility index (Phi) is 5.88. The molecule has 1 aliphatic heterocycles. The Morgan fingerprint density at radius 1 is 1.18 bits per heavy atom. The molecule has 1 aliphatic carbocycles. The van der Waals surface area contributed by atoms with Crippen molar-refractivity contribution in [3.63, 3.8) is 0 Å². The summed E-state index contributed by atoms with van der Waals surface area (Å²) >= 11 is 0. The van der Waals surface area contributed by atoms with Crippen molar-refractivity contribution in [2.75, 3.05) is 36.0 Å². The Balaban J connectivity index is 1.54. The van der Waals surface area contributed by atoms with E-state index in [-0.39, 0.29) is 16.7 Å². The van der Waals surface area contributed by atoms with Crippen LogP contribution in [0.5, 0.6) is 5.75 Å². The highest BCUT2D eigenvalue weighted by atomic mass is 32.3. The number of fused-ring (bicyclic) bond motifs is 1. The van der Waals surface area contributed by atoms with Crippen LogP contribution < -0.4 is 15.4 Å². The molecule has 2 aliphatic rings. The van der Waals surface area contributed by atoms with E-state index in [4.69, 9.17) is 4.74 Å². The van der Waals surface area contributed by atoms with Gasteiger partial charge in [0.15, 0.2) is 5.82 Å². The Hall–Kier alpha value is -2.68. The molecule has 2 heterocycles. The van der Waals surface area contributed by atoms with Crippen molar-refractivity contribution >= 4 is 33.5 Å². The molecule has 0 radical (unpaired) electrons. The molecule has 0 atom stereocenters. The van der Waals surface area contributed by atoms with E-state index in [0.29, 0.717) is 30.4 Å². The molecule has 0 unspecified atom stereocenters. The molecule has 1 aromatic heterocycles. The molecular weight excluding hydrogens is 438 g/mol. The van der Waals surface area contributed by atoms with Gasteiger partial charge in [-0.1, -0.05) is 12.1 Å². The van der Waals surface area contributed by atoms with Gasteiger partial charge in [-0.3, -0.25) is 9.89 Å². The summed E-state index contributed by atoms with van der Waals surface area (Å²) in [6.45, 7) is 6.73. The van der Waals surface area contributed by atoms with Crippen molar-refractivity contribution in [1.29, 1.82) is 0 Å². The number of benzene rings is 1. The van der Waals surface area contributed by atoms with Crippen LogP contribution in [0.3, 0.4) is 0 Å². The van der Waals surface area contributed by atoms with Gasteiger partial charge in [-0.25, -0.2) is 14.8 Å². The number of ether oxygens (including phenoxy) is 1. The molecule has 1 saturated carbocycles. The second-order valence-electron chi connectivity index (χ2n) is 10.1. The van der Waals surface area contributed by atoms with E-state index < -0.39 is 15.6 Å². The van der Waals surface area contributed by atoms with Crippen molar-refractivity contribution in [3.05, 3.63) is 35.5 Å². The van der Waals surface area contributed by atoms with Gasteiger partial charge in [-0.05, 0) is 70.9 Å². The quantitative estimate of drug-likeness (QED) is 0.569. The first-order valence-electron chi connectivity index (χ1n) is 11.4. The van der Waals surface area contributed by atoms with Crippen molar-refractivity contribution in [1.82, 2.24) is 15.1 Å². The van der Waals surface area contributed by atoms with E-state index in [9.17, 15) is 9.59 Å². The monoisotopic (exact) mass is 473 g/mol. The lowest BCUT2D eigenvalue weighted by Crippen LogP contribution is -2.51. The van der Waals surface area contributed by atoms with Gasteiger partial charge < -0.3 is 20.3 Å². The number of carbonyl (C=O) groups is 2. The summed E-state index contributed by atoms with van der Waals surface area (Å²) in [6, 6.07) is 7.16. The topological polar surface area (TPSA) is 99.3 Å². The van der Waals surface area contributed by atoms with Crippen LogP contribution in [-0.2, 0) is 16.9 Å². The van der Waals surface area contributed by atoms with Gasteiger partial charge in [0.25, 0.3) is 0 Å². The number of H-pyrrole nitrogens is 1. The molecule has 180 valence electrons. The van der Waals surface area contributed by atoms with Gasteiger partial charge in [0, 0.05) is 5.56 Å². The van der Waals surface area contributed by atoms with Gasteiger partial charge in [-0.2, -0.15) is 5.10 Å². The van der Waals surface area contributed by atoms with Gasteiger partial charge in [0.1, 0.15) is 5.75 Å². The standard InChI is InChI=1S/C24H35N5O3S/c1-7-32-18-12-9-8-11-17(18)25-22(31)29-15-16-19(23(29,2)3)27-28-20(16)26-21(30)24(13-10-14-24)33(4,5)6/h8-9,11-12H,7,10,13-15H2,1-6H3,(H,25,31)(H2,26,27,28,30). The third-order valence-electron chi connectivity index (χ3n) is 7.12. The molecule has 8 nitrogen and oxygen atoms in total. The van der Waals surface area contributed by atoms with Crippen LogP contribution in [0.4, 0.5) is 16.3 Å². The maximum atomic E-state index is 13.3. The number of carbonyl (C=O) groups excluding carboxylic acids is 2. The van der Waals surface area contributed by atoms with Crippen molar-refractivity contribution < 1.29 is 14.3 Å². The minimum atomic E-state index is -1.07. The highest BCUT2D eigenvalue weighted by Gasteiger charge is 2.51. The highest BCUT2D eigenvalue weighted by molar-refractivity contribution is 8.33. The summed E-state index contributed by atoms with van der Waals surface area (Å²) < 4.78 is 5.34. The minimum Gasteiger partial charge on any atom is -0.492 e. The van der Waals surface area contributed by atoms with Crippen molar-refractivity contribution in [2.45, 2.75) is 56.9 Å². The zero-order valence-corrected chi connectivity index (χ0v) is 21.2. The number of rotatable bonds is 6. The summed E-state index contributed by atoms with van der Waals surface area (Å²) in [5.74, 6) is 1.22. The second kappa shape index (κ2) is 8.27. The van der Waals surface area contributed by atoms with Gasteiger partial charge in [-0.15, -0.1) is 0 Å². The molecule has 3 amide bonds. The van der Waals surface area contributed by atoms with E-state index in [2.05, 4.69) is 39.6 Å². The summed E-state index contributed by atoms with van der Waals surface area (Å²) in [4.78, 5) is 28.4. The Labute approximate surface area is 197 Å². The zero-order chi connectivity index (χ0) is 24.0. The SMILES string of the molecule is CCOc1ccccc1NC(=O)N1Cc2c(NC(=O)C3(S(C)(C)C)CCC3)n[nH]c2C1(C)C. The molecule has 0 spiro atoms. The number of nitrogens with one attached hydrogen (secondary N) is 3. The fourth-order valence-corrected chi connectivity index (χ4v) is 6.94.